The molecule has 0 unspecified atom stereocenters. The second kappa shape index (κ2) is 18.9. The molecule has 6 rings (SSSR count). The highest BCUT2D eigenvalue weighted by molar-refractivity contribution is 6.03. The van der Waals surface area contributed by atoms with Crippen LogP contribution in [0.5, 0.6) is 17.2 Å². The largest absolute Gasteiger partial charge is 0.459 e. The third kappa shape index (κ3) is 9.35. The molecule has 1 saturated carbocycles. The number of aliphatic hydroxyl groups is 2. The monoisotopic (exact) mass is 782 g/mol. The molecule has 1 amide bonds. The highest BCUT2D eigenvalue weighted by atomic mass is 16.7. The van der Waals surface area contributed by atoms with Crippen molar-refractivity contribution in [2.45, 2.75) is 96.8 Å². The van der Waals surface area contributed by atoms with Gasteiger partial charge in [0.25, 0.3) is 0 Å². The summed E-state index contributed by atoms with van der Waals surface area (Å²) in [6.07, 6.45) is 9.44. The van der Waals surface area contributed by atoms with Crippen LogP contribution in [0, 0.1) is 23.2 Å². The topological polar surface area (TPSA) is 119 Å². The second-order valence-corrected chi connectivity index (χ2v) is 16.9. The summed E-state index contributed by atoms with van der Waals surface area (Å²) in [6, 6.07) is 19.7. The maximum atomic E-state index is 14.3. The first-order valence-corrected chi connectivity index (χ1v) is 20.8. The molecule has 0 radical (unpaired) electrons. The standard InChI is InChI=1S/C47H62N2O8/c1-7-23-49(45(52)54-31-46(3,4)5)42-30-40(48-53-6)38-28-34(17-11-13-24-50)37(18-12-14-25-51)43-39-29-36(56-35-20-19-32-15-9-10-16-33(32)27-35)21-22-41(39)57-47(42,44(38)43)55-26-8-2/h8-10,15-16,19-22,27-29,34,37,42-44,50-51H,2,7,11-14,17-18,23-26,30-31H2,1,3-6H3/t34-,37+,42-,43+,44+,47+/m0/s1. The molecule has 3 aliphatic rings. The van der Waals surface area contributed by atoms with E-state index in [-0.39, 0.29) is 49.6 Å². The number of benzene rings is 3. The van der Waals surface area contributed by atoms with E-state index >= 15 is 0 Å². The van der Waals surface area contributed by atoms with Crippen LogP contribution >= 0.6 is 0 Å². The molecule has 3 aromatic rings. The van der Waals surface area contributed by atoms with Crippen LogP contribution < -0.4 is 9.47 Å². The van der Waals surface area contributed by atoms with E-state index in [0.29, 0.717) is 43.7 Å². The Morgan fingerprint density at radius 1 is 1.00 bits per heavy atom. The average Bonchev–Trinajstić information content (AvgIpc) is 3.20. The van der Waals surface area contributed by atoms with Gasteiger partial charge in [0.2, 0.25) is 5.79 Å². The van der Waals surface area contributed by atoms with Crippen molar-refractivity contribution in [3.63, 3.8) is 0 Å². The Kier molecular flexibility index (Phi) is 14.0. The van der Waals surface area contributed by atoms with Crippen LogP contribution in [0.4, 0.5) is 4.79 Å². The lowest BCUT2D eigenvalue weighted by atomic mass is 9.55. The maximum Gasteiger partial charge on any atom is 0.410 e. The first kappa shape index (κ1) is 42.2. The lowest BCUT2D eigenvalue weighted by molar-refractivity contribution is -0.255. The minimum atomic E-state index is -1.34. The molecule has 10 nitrogen and oxygen atoms in total. The number of hydrogen-bond donors (Lipinski definition) is 2. The van der Waals surface area contributed by atoms with Gasteiger partial charge in [0, 0.05) is 37.7 Å². The van der Waals surface area contributed by atoms with E-state index in [9.17, 15) is 15.0 Å². The predicted molar refractivity (Wildman–Crippen MR) is 224 cm³/mol. The summed E-state index contributed by atoms with van der Waals surface area (Å²) in [7, 11) is 1.56. The molecule has 0 saturated heterocycles. The predicted octanol–water partition coefficient (Wildman–Crippen LogP) is 9.79. The number of rotatable bonds is 18. The van der Waals surface area contributed by atoms with E-state index in [0.717, 1.165) is 59.1 Å². The summed E-state index contributed by atoms with van der Waals surface area (Å²) in [4.78, 5) is 21.6. The number of fused-ring (bicyclic) bond motifs is 3. The molecule has 1 fully saturated rings. The van der Waals surface area contributed by atoms with Gasteiger partial charge in [-0.05, 0) is 96.0 Å². The number of hydrogen-bond acceptors (Lipinski definition) is 9. The van der Waals surface area contributed by atoms with Crippen molar-refractivity contribution in [2.24, 2.45) is 28.3 Å². The minimum absolute atomic E-state index is 0.101. The Hall–Kier alpha value is -4.38. The smallest absolute Gasteiger partial charge is 0.410 e. The molecule has 10 heteroatoms. The van der Waals surface area contributed by atoms with Crippen molar-refractivity contribution < 1.29 is 38.8 Å². The van der Waals surface area contributed by atoms with Gasteiger partial charge in [-0.25, -0.2) is 4.79 Å². The number of carbonyl (C=O) groups is 1. The molecule has 57 heavy (non-hydrogen) atoms. The number of carbonyl (C=O) groups excluding carboxylic acids is 1. The molecule has 6 atom stereocenters. The van der Waals surface area contributed by atoms with Gasteiger partial charge >= 0.3 is 6.09 Å². The average molecular weight is 783 g/mol. The highest BCUT2D eigenvalue weighted by Crippen LogP contribution is 2.62. The number of oxime groups is 1. The van der Waals surface area contributed by atoms with Gasteiger partial charge in [0.15, 0.2) is 0 Å². The lowest BCUT2D eigenvalue weighted by Crippen LogP contribution is -2.70. The first-order chi connectivity index (χ1) is 27.6. The molecule has 2 aliphatic carbocycles. The first-order valence-electron chi connectivity index (χ1n) is 20.8. The van der Waals surface area contributed by atoms with Crippen LogP contribution in [-0.4, -0.2) is 78.8 Å². The Morgan fingerprint density at radius 3 is 2.42 bits per heavy atom. The number of unbranched alkanes of at least 4 members (excludes halogenated alkanes) is 2. The summed E-state index contributed by atoms with van der Waals surface area (Å²) in [6.45, 7) is 13.3. The summed E-state index contributed by atoms with van der Waals surface area (Å²) in [5.74, 6) is 0.414. The quantitative estimate of drug-likeness (QED) is 0.0744. The number of amides is 1. The zero-order valence-corrected chi connectivity index (χ0v) is 34.5. The Morgan fingerprint density at radius 2 is 1.72 bits per heavy atom. The van der Waals surface area contributed by atoms with Crippen LogP contribution in [-0.2, 0) is 14.3 Å². The van der Waals surface area contributed by atoms with E-state index in [1.807, 2.05) is 58.0 Å². The SMILES string of the molecule is C=CCO[C@@]12Oc3ccc(Oc4ccc5ccccc5c4)cc3[C@H]3[C@H](CCCCO)[C@@H](CCCCO)C=C(C(=NOC)C[C@@H]1N(CCC)C(=O)OCC(C)(C)C)[C@H]32. The number of ether oxygens (including phenoxy) is 4. The van der Waals surface area contributed by atoms with E-state index < -0.39 is 23.8 Å². The summed E-state index contributed by atoms with van der Waals surface area (Å²) in [5, 5.41) is 26.6. The van der Waals surface area contributed by atoms with Gasteiger partial charge in [-0.1, -0.05) is 88.2 Å². The fraction of sp³-hybridized carbons (Fsp3) is 0.532. The van der Waals surface area contributed by atoms with E-state index in [2.05, 4.69) is 48.1 Å². The molecular weight excluding hydrogens is 721 g/mol. The van der Waals surface area contributed by atoms with Gasteiger partial charge in [-0.2, -0.15) is 0 Å². The van der Waals surface area contributed by atoms with Gasteiger partial charge in [0.1, 0.15) is 30.4 Å². The van der Waals surface area contributed by atoms with Crippen molar-refractivity contribution in [1.82, 2.24) is 4.90 Å². The summed E-state index contributed by atoms with van der Waals surface area (Å²) < 4.78 is 27.0. The van der Waals surface area contributed by atoms with E-state index in [4.69, 9.17) is 23.8 Å². The van der Waals surface area contributed by atoms with Crippen LogP contribution in [0.25, 0.3) is 10.8 Å². The van der Waals surface area contributed by atoms with Gasteiger partial charge in [0.05, 0.1) is 24.8 Å². The molecule has 1 aliphatic heterocycles. The Balaban J connectivity index is 1.55. The van der Waals surface area contributed by atoms with Crippen LogP contribution in [0.1, 0.15) is 90.5 Å². The summed E-state index contributed by atoms with van der Waals surface area (Å²) in [5.41, 5.74) is 2.50. The van der Waals surface area contributed by atoms with Crippen molar-refractivity contribution in [2.75, 3.05) is 40.1 Å². The maximum absolute atomic E-state index is 14.3. The Bertz CT molecular complexity index is 1900. The normalized spacial score (nSPS) is 24.5. The van der Waals surface area contributed by atoms with Crippen molar-refractivity contribution in [1.29, 1.82) is 0 Å². The molecule has 2 N–H and O–H groups in total. The zero-order chi connectivity index (χ0) is 40.6. The van der Waals surface area contributed by atoms with E-state index in [1.54, 1.807) is 18.1 Å². The van der Waals surface area contributed by atoms with Crippen LogP contribution in [0.3, 0.4) is 0 Å². The second-order valence-electron chi connectivity index (χ2n) is 16.9. The number of aliphatic hydroxyl groups excluding tert-OH is 2. The fourth-order valence-electron chi connectivity index (χ4n) is 9.17. The third-order valence-corrected chi connectivity index (χ3v) is 11.5. The lowest BCUT2D eigenvalue weighted by Gasteiger charge is -2.60. The number of allylic oxidation sites excluding steroid dienone is 1. The van der Waals surface area contributed by atoms with Crippen molar-refractivity contribution in [3.8, 4) is 17.2 Å². The Labute approximate surface area is 338 Å². The number of nitrogens with zero attached hydrogens (tertiary/aromatic N) is 2. The molecule has 0 aromatic heterocycles. The van der Waals surface area contributed by atoms with E-state index in [1.165, 1.54) is 0 Å². The van der Waals surface area contributed by atoms with Crippen LogP contribution in [0.2, 0.25) is 0 Å². The minimum Gasteiger partial charge on any atom is -0.459 e. The molecule has 308 valence electrons. The van der Waals surface area contributed by atoms with Gasteiger partial charge in [-0.15, -0.1) is 6.58 Å². The molecule has 1 heterocycles. The molecule has 0 spiro atoms. The van der Waals surface area contributed by atoms with Gasteiger partial charge in [-0.3, -0.25) is 4.90 Å². The van der Waals surface area contributed by atoms with Gasteiger partial charge < -0.3 is 34.0 Å². The fourth-order valence-corrected chi connectivity index (χ4v) is 9.17. The molecular formula is C47H62N2O8. The highest BCUT2D eigenvalue weighted by Gasteiger charge is 2.65. The summed E-state index contributed by atoms with van der Waals surface area (Å²) >= 11 is 0. The van der Waals surface area contributed by atoms with Crippen LogP contribution in [0.15, 0.2) is 90.1 Å². The molecule has 3 aromatic carbocycles. The van der Waals surface area contributed by atoms with Crippen molar-refractivity contribution >= 4 is 22.6 Å². The zero-order valence-electron chi connectivity index (χ0n) is 34.5. The third-order valence-electron chi connectivity index (χ3n) is 11.5. The van der Waals surface area contributed by atoms with Crippen molar-refractivity contribution in [3.05, 3.63) is 90.5 Å². The molecule has 0 bridgehead atoms.